The maximum Gasteiger partial charge on any atom is 0.309 e. The minimum absolute atomic E-state index is 0.0855. The van der Waals surface area contributed by atoms with Gasteiger partial charge in [-0.25, -0.2) is 13.3 Å². The van der Waals surface area contributed by atoms with Gasteiger partial charge in [0.2, 0.25) is 5.71 Å². The predicted octanol–water partition coefficient (Wildman–Crippen LogP) is 3.39. The van der Waals surface area contributed by atoms with Crippen molar-refractivity contribution < 1.29 is 18.0 Å². The number of hydrogen-bond donors (Lipinski definition) is 1. The lowest BCUT2D eigenvalue weighted by atomic mass is 10.0. The minimum atomic E-state index is -0.982. The number of rotatable bonds is 5. The fourth-order valence-electron chi connectivity index (χ4n) is 3.12. The normalized spacial score (nSPS) is 11.0. The highest BCUT2D eigenvalue weighted by atomic mass is 19.2. The number of aryl methyl sites for hydroxylation is 1. The average molecular weight is 409 g/mol. The van der Waals surface area contributed by atoms with E-state index in [1.165, 1.54) is 16.8 Å². The van der Waals surface area contributed by atoms with Gasteiger partial charge in [0.05, 0.1) is 5.56 Å². The zero-order chi connectivity index (χ0) is 21.3. The Labute approximate surface area is 169 Å². The molecule has 152 valence electrons. The van der Waals surface area contributed by atoms with Gasteiger partial charge >= 0.3 is 11.8 Å². The first-order valence-electron chi connectivity index (χ1n) is 9.20. The van der Waals surface area contributed by atoms with Gasteiger partial charge in [0, 0.05) is 24.7 Å². The molecule has 2 heterocycles. The summed E-state index contributed by atoms with van der Waals surface area (Å²) in [5.41, 5.74) is 1.78. The van der Waals surface area contributed by atoms with E-state index in [9.17, 15) is 18.4 Å². The van der Waals surface area contributed by atoms with E-state index >= 15 is 0 Å². The number of aromatic nitrogens is 2. The van der Waals surface area contributed by atoms with E-state index in [0.717, 1.165) is 17.7 Å². The molecular weight excluding hydrogens is 392 g/mol. The number of carbonyl (C=O) groups excluding carboxylic acids is 1. The van der Waals surface area contributed by atoms with E-state index in [1.807, 2.05) is 30.3 Å². The molecule has 2 aromatic carbocycles. The molecule has 0 unspecified atom stereocenters. The molecule has 4 aromatic rings. The molecule has 0 spiro atoms. The van der Waals surface area contributed by atoms with Crippen LogP contribution in [-0.2, 0) is 13.0 Å². The van der Waals surface area contributed by atoms with Crippen molar-refractivity contribution in [3.63, 3.8) is 0 Å². The van der Waals surface area contributed by atoms with E-state index in [0.29, 0.717) is 17.7 Å². The first kappa shape index (κ1) is 19.5. The third-order valence-corrected chi connectivity index (χ3v) is 4.70. The summed E-state index contributed by atoms with van der Waals surface area (Å²) in [7, 11) is 0. The summed E-state index contributed by atoms with van der Waals surface area (Å²) in [6.07, 6.45) is 1.52. The first-order valence-corrected chi connectivity index (χ1v) is 9.20. The van der Waals surface area contributed by atoms with Crippen LogP contribution in [0.15, 0.2) is 63.9 Å². The van der Waals surface area contributed by atoms with Gasteiger partial charge < -0.3 is 9.73 Å². The van der Waals surface area contributed by atoms with Crippen molar-refractivity contribution >= 4 is 11.6 Å². The first-order chi connectivity index (χ1) is 14.4. The van der Waals surface area contributed by atoms with E-state index in [4.69, 9.17) is 4.42 Å². The highest BCUT2D eigenvalue weighted by Crippen LogP contribution is 2.15. The maximum atomic E-state index is 13.5. The van der Waals surface area contributed by atoms with Crippen LogP contribution in [0.5, 0.6) is 0 Å². The zero-order valence-electron chi connectivity index (χ0n) is 16.0. The molecule has 0 aliphatic carbocycles. The zero-order valence-corrected chi connectivity index (χ0v) is 16.0. The molecule has 6 nitrogen and oxygen atoms in total. The van der Waals surface area contributed by atoms with Gasteiger partial charge in [-0.1, -0.05) is 36.4 Å². The van der Waals surface area contributed by atoms with Gasteiger partial charge in [-0.05, 0) is 30.2 Å². The van der Waals surface area contributed by atoms with Gasteiger partial charge in [-0.3, -0.25) is 9.59 Å². The quantitative estimate of drug-likeness (QED) is 0.548. The molecule has 4 rings (SSSR count). The minimum Gasteiger partial charge on any atom is -0.414 e. The predicted molar refractivity (Wildman–Crippen MR) is 105 cm³/mol. The average Bonchev–Trinajstić information content (AvgIpc) is 3.18. The SMILES string of the molecule is Cc1c(=O)c(Cc2ccc(F)c(F)c2)cn2nc(C(=O)NCc3ccccc3)oc12. The Morgan fingerprint density at radius 2 is 1.87 bits per heavy atom. The summed E-state index contributed by atoms with van der Waals surface area (Å²) in [5, 5.41) is 6.84. The summed E-state index contributed by atoms with van der Waals surface area (Å²) in [6, 6.07) is 12.8. The van der Waals surface area contributed by atoms with Crippen LogP contribution in [0.25, 0.3) is 5.71 Å². The van der Waals surface area contributed by atoms with Crippen LogP contribution in [0, 0.1) is 18.6 Å². The molecule has 0 radical (unpaired) electrons. The van der Waals surface area contributed by atoms with Crippen LogP contribution >= 0.6 is 0 Å². The molecule has 0 fully saturated rings. The number of nitrogens with one attached hydrogen (secondary N) is 1. The van der Waals surface area contributed by atoms with Crippen LogP contribution < -0.4 is 10.7 Å². The van der Waals surface area contributed by atoms with E-state index in [2.05, 4.69) is 10.4 Å². The summed E-state index contributed by atoms with van der Waals surface area (Å²) in [4.78, 5) is 25.1. The molecular formula is C22H17F2N3O3. The number of pyridine rings is 1. The van der Waals surface area contributed by atoms with Gasteiger partial charge in [0.1, 0.15) is 0 Å². The number of amides is 1. The second-order valence-electron chi connectivity index (χ2n) is 6.86. The summed E-state index contributed by atoms with van der Waals surface area (Å²) < 4.78 is 33.4. The highest BCUT2D eigenvalue weighted by Gasteiger charge is 2.18. The van der Waals surface area contributed by atoms with E-state index in [1.54, 1.807) is 6.92 Å². The van der Waals surface area contributed by atoms with E-state index < -0.39 is 17.5 Å². The summed E-state index contributed by atoms with van der Waals surface area (Å²) in [5.74, 6) is -2.64. The Bertz CT molecular complexity index is 1300. The lowest BCUT2D eigenvalue weighted by Crippen LogP contribution is -2.23. The monoisotopic (exact) mass is 409 g/mol. The molecule has 0 atom stereocenters. The van der Waals surface area contributed by atoms with Crippen molar-refractivity contribution in [2.24, 2.45) is 0 Å². The van der Waals surface area contributed by atoms with Crippen molar-refractivity contribution in [1.29, 1.82) is 0 Å². The van der Waals surface area contributed by atoms with Gasteiger partial charge in [0.15, 0.2) is 17.1 Å². The van der Waals surface area contributed by atoms with Crippen LogP contribution in [0.3, 0.4) is 0 Å². The number of hydrogen-bond acceptors (Lipinski definition) is 4. The maximum absolute atomic E-state index is 13.5. The van der Waals surface area contributed by atoms with Gasteiger partial charge in [-0.2, -0.15) is 0 Å². The fourth-order valence-corrected chi connectivity index (χ4v) is 3.12. The standard InChI is InChI=1S/C22H17F2N3O3/c1-13-19(28)16(9-15-7-8-17(23)18(24)10-15)12-27-22(13)30-21(26-27)20(29)25-11-14-5-3-2-4-6-14/h2-8,10,12H,9,11H2,1H3,(H,25,29). The molecule has 8 heteroatoms. The van der Waals surface area contributed by atoms with Crippen LogP contribution in [-0.4, -0.2) is 15.5 Å². The second-order valence-corrected chi connectivity index (χ2v) is 6.86. The Hall–Kier alpha value is -3.81. The molecule has 1 N–H and O–H groups in total. The molecule has 1 amide bonds. The smallest absolute Gasteiger partial charge is 0.309 e. The second kappa shape index (κ2) is 7.90. The van der Waals surface area contributed by atoms with Crippen molar-refractivity contribution in [2.45, 2.75) is 19.9 Å². The molecule has 0 saturated heterocycles. The Morgan fingerprint density at radius 1 is 1.10 bits per heavy atom. The van der Waals surface area contributed by atoms with Crippen molar-refractivity contribution in [2.75, 3.05) is 0 Å². The van der Waals surface area contributed by atoms with Gasteiger partial charge in [0.25, 0.3) is 0 Å². The summed E-state index contributed by atoms with van der Waals surface area (Å²) in [6.45, 7) is 1.86. The number of nitrogens with zero attached hydrogens (tertiary/aromatic N) is 2. The van der Waals surface area contributed by atoms with Gasteiger partial charge in [-0.15, -0.1) is 5.10 Å². The molecule has 0 saturated carbocycles. The fraction of sp³-hybridized carbons (Fsp3) is 0.136. The third-order valence-electron chi connectivity index (χ3n) is 4.70. The number of benzene rings is 2. The molecule has 30 heavy (non-hydrogen) atoms. The Balaban J connectivity index is 1.61. The van der Waals surface area contributed by atoms with Crippen LogP contribution in [0.4, 0.5) is 8.78 Å². The number of fused-ring (bicyclic) bond motifs is 1. The number of carbonyl (C=O) groups is 1. The molecule has 0 aliphatic heterocycles. The largest absolute Gasteiger partial charge is 0.414 e. The number of halogens is 2. The lowest BCUT2D eigenvalue weighted by molar-refractivity contribution is 0.0918. The molecule has 0 bridgehead atoms. The van der Waals surface area contributed by atoms with Crippen molar-refractivity contribution in [3.8, 4) is 0 Å². The van der Waals surface area contributed by atoms with Crippen molar-refractivity contribution in [3.05, 3.63) is 105 Å². The molecule has 2 aromatic heterocycles. The Kier molecular flexibility index (Phi) is 5.14. The Morgan fingerprint density at radius 3 is 2.60 bits per heavy atom. The lowest BCUT2D eigenvalue weighted by Gasteiger charge is -2.04. The topological polar surface area (TPSA) is 76.6 Å². The van der Waals surface area contributed by atoms with Crippen LogP contribution in [0.1, 0.15) is 32.9 Å². The summed E-state index contributed by atoms with van der Waals surface area (Å²) >= 11 is 0. The van der Waals surface area contributed by atoms with Crippen molar-refractivity contribution in [1.82, 2.24) is 14.9 Å². The van der Waals surface area contributed by atoms with E-state index in [-0.39, 0.29) is 29.0 Å². The molecule has 0 aliphatic rings. The third kappa shape index (κ3) is 3.84. The van der Waals surface area contributed by atoms with Crippen LogP contribution in [0.2, 0.25) is 0 Å². The highest BCUT2D eigenvalue weighted by molar-refractivity contribution is 5.89.